The summed E-state index contributed by atoms with van der Waals surface area (Å²) in [6, 6.07) is 11.6. The predicted octanol–water partition coefficient (Wildman–Crippen LogP) is 4.95. The molecule has 21 heavy (non-hydrogen) atoms. The Balaban J connectivity index is 2.30. The number of benzene rings is 2. The minimum atomic E-state index is 0.259. The van der Waals surface area contributed by atoms with Gasteiger partial charge in [0.2, 0.25) is 0 Å². The van der Waals surface area contributed by atoms with Crippen LogP contribution in [0.4, 0.5) is 0 Å². The lowest BCUT2D eigenvalue weighted by molar-refractivity contribution is 0.471. The predicted molar refractivity (Wildman–Crippen MR) is 87.0 cm³/mol. The van der Waals surface area contributed by atoms with E-state index in [4.69, 9.17) is 16.6 Å². The third-order valence-corrected chi connectivity index (χ3v) is 3.87. The number of rotatable bonds is 2. The summed E-state index contributed by atoms with van der Waals surface area (Å²) < 4.78 is 2.16. The van der Waals surface area contributed by atoms with Crippen molar-refractivity contribution in [2.75, 3.05) is 0 Å². The topological polar surface area (TPSA) is 38.0 Å². The van der Waals surface area contributed by atoms with Gasteiger partial charge in [0.25, 0.3) is 0 Å². The number of imidazole rings is 1. The van der Waals surface area contributed by atoms with Gasteiger partial charge in [-0.2, -0.15) is 0 Å². The molecule has 1 heterocycles. The van der Waals surface area contributed by atoms with Crippen molar-refractivity contribution >= 4 is 22.6 Å². The van der Waals surface area contributed by atoms with Gasteiger partial charge < -0.3 is 9.67 Å². The first-order valence-corrected chi connectivity index (χ1v) is 7.32. The maximum atomic E-state index is 9.95. The number of phenolic OH excluding ortho intramolecular Hbond substituents is 1. The van der Waals surface area contributed by atoms with Gasteiger partial charge in [0, 0.05) is 16.6 Å². The molecule has 0 saturated carbocycles. The van der Waals surface area contributed by atoms with E-state index < -0.39 is 0 Å². The fourth-order valence-electron chi connectivity index (χ4n) is 2.55. The molecule has 4 heteroatoms. The highest BCUT2D eigenvalue weighted by atomic mass is 35.5. The molecule has 3 aromatic rings. The number of phenols is 1. The van der Waals surface area contributed by atoms with E-state index in [-0.39, 0.29) is 11.8 Å². The van der Waals surface area contributed by atoms with Crippen LogP contribution in [0.25, 0.3) is 22.4 Å². The molecule has 0 spiro atoms. The van der Waals surface area contributed by atoms with Crippen LogP contribution < -0.4 is 0 Å². The fourth-order valence-corrected chi connectivity index (χ4v) is 2.71. The Morgan fingerprint density at radius 3 is 2.57 bits per heavy atom. The minimum absolute atomic E-state index is 0.259. The van der Waals surface area contributed by atoms with E-state index >= 15 is 0 Å². The zero-order valence-corrected chi connectivity index (χ0v) is 13.0. The third kappa shape index (κ3) is 2.38. The maximum Gasteiger partial charge on any atom is 0.141 e. The zero-order valence-electron chi connectivity index (χ0n) is 12.3. The first-order valence-electron chi connectivity index (χ1n) is 6.95. The molecule has 0 unspecified atom stereocenters. The van der Waals surface area contributed by atoms with Gasteiger partial charge in [0.1, 0.15) is 11.6 Å². The molecule has 0 aliphatic carbocycles. The normalized spacial score (nSPS) is 11.5. The number of hydrogen-bond acceptors (Lipinski definition) is 2. The second kappa shape index (κ2) is 5.08. The zero-order chi connectivity index (χ0) is 15.1. The van der Waals surface area contributed by atoms with E-state index in [1.54, 1.807) is 6.07 Å². The highest BCUT2D eigenvalue weighted by Crippen LogP contribution is 2.32. The van der Waals surface area contributed by atoms with Gasteiger partial charge in [-0.1, -0.05) is 23.7 Å². The Labute approximate surface area is 128 Å². The largest absolute Gasteiger partial charge is 0.508 e. The molecule has 1 N–H and O–H groups in total. The highest BCUT2D eigenvalue weighted by Gasteiger charge is 2.15. The lowest BCUT2D eigenvalue weighted by atomic mass is 10.1. The third-order valence-electron chi connectivity index (χ3n) is 3.64. The first kappa shape index (κ1) is 14.0. The van der Waals surface area contributed by atoms with Gasteiger partial charge >= 0.3 is 0 Å². The van der Waals surface area contributed by atoms with Crippen molar-refractivity contribution in [3.05, 3.63) is 47.0 Å². The molecule has 0 aliphatic heterocycles. The van der Waals surface area contributed by atoms with E-state index in [1.807, 2.05) is 37.3 Å². The summed E-state index contributed by atoms with van der Waals surface area (Å²) in [4.78, 5) is 4.70. The van der Waals surface area contributed by atoms with Crippen molar-refractivity contribution in [2.45, 2.75) is 26.8 Å². The monoisotopic (exact) mass is 300 g/mol. The summed E-state index contributed by atoms with van der Waals surface area (Å²) in [5, 5.41) is 10.6. The average molecular weight is 301 g/mol. The Kier molecular flexibility index (Phi) is 3.38. The number of aryl methyl sites for hydroxylation is 1. The van der Waals surface area contributed by atoms with Crippen molar-refractivity contribution in [1.29, 1.82) is 0 Å². The van der Waals surface area contributed by atoms with Gasteiger partial charge in [-0.15, -0.1) is 0 Å². The Bertz CT molecular complexity index is 821. The van der Waals surface area contributed by atoms with Crippen LogP contribution in [0, 0.1) is 6.92 Å². The van der Waals surface area contributed by atoms with Crippen LogP contribution in [-0.4, -0.2) is 14.7 Å². The number of halogens is 1. The molecule has 0 atom stereocenters. The lowest BCUT2D eigenvalue weighted by Crippen LogP contribution is -2.03. The van der Waals surface area contributed by atoms with E-state index in [9.17, 15) is 5.11 Å². The molecule has 0 saturated heterocycles. The molecule has 0 amide bonds. The number of aromatic hydroxyl groups is 1. The summed E-state index contributed by atoms with van der Waals surface area (Å²) in [5.74, 6) is 1.13. The van der Waals surface area contributed by atoms with Gasteiger partial charge in [0.15, 0.2) is 0 Å². The van der Waals surface area contributed by atoms with E-state index in [2.05, 4.69) is 18.4 Å². The molecular formula is C17H17ClN2O. The van der Waals surface area contributed by atoms with Crippen molar-refractivity contribution in [3.8, 4) is 17.1 Å². The minimum Gasteiger partial charge on any atom is -0.508 e. The summed E-state index contributed by atoms with van der Waals surface area (Å²) in [5.41, 5.74) is 3.67. The van der Waals surface area contributed by atoms with Crippen LogP contribution in [0.1, 0.15) is 25.5 Å². The molecule has 3 rings (SSSR count). The second-order valence-corrected chi connectivity index (χ2v) is 5.97. The number of fused-ring (bicyclic) bond motifs is 1. The molecule has 0 aliphatic rings. The van der Waals surface area contributed by atoms with Crippen LogP contribution in [0.15, 0.2) is 36.4 Å². The van der Waals surface area contributed by atoms with Crippen LogP contribution >= 0.6 is 11.6 Å². The molecule has 0 radical (unpaired) electrons. The van der Waals surface area contributed by atoms with Gasteiger partial charge in [-0.3, -0.25) is 0 Å². The molecule has 0 fully saturated rings. The summed E-state index contributed by atoms with van der Waals surface area (Å²) in [6.45, 7) is 6.12. The molecule has 3 nitrogen and oxygen atoms in total. The number of hydrogen-bond donors (Lipinski definition) is 1. The van der Waals surface area contributed by atoms with Gasteiger partial charge in [-0.05, 0) is 50.6 Å². The second-order valence-electron chi connectivity index (χ2n) is 5.53. The maximum absolute atomic E-state index is 9.95. The van der Waals surface area contributed by atoms with E-state index in [1.165, 1.54) is 0 Å². The van der Waals surface area contributed by atoms with Gasteiger partial charge in [-0.25, -0.2) is 4.98 Å². The molecule has 0 bridgehead atoms. The highest BCUT2D eigenvalue weighted by molar-refractivity contribution is 6.31. The van der Waals surface area contributed by atoms with Crippen LogP contribution in [-0.2, 0) is 0 Å². The standard InChI is InChI=1S/C17H17ClN2O/c1-10(2)20-15-7-6-13(18)9-14(15)19-17(20)12-5-4-11(3)16(21)8-12/h4-10,21H,1-3H3. The lowest BCUT2D eigenvalue weighted by Gasteiger charge is -2.13. The Morgan fingerprint density at radius 1 is 1.14 bits per heavy atom. The van der Waals surface area contributed by atoms with Gasteiger partial charge in [0.05, 0.1) is 11.0 Å². The number of nitrogens with zero attached hydrogens (tertiary/aromatic N) is 2. The Morgan fingerprint density at radius 2 is 1.90 bits per heavy atom. The van der Waals surface area contributed by atoms with Crippen LogP contribution in [0.2, 0.25) is 5.02 Å². The van der Waals surface area contributed by atoms with E-state index in [0.717, 1.165) is 28.0 Å². The van der Waals surface area contributed by atoms with Crippen molar-refractivity contribution in [3.63, 3.8) is 0 Å². The van der Waals surface area contributed by atoms with Crippen LogP contribution in [0.3, 0.4) is 0 Å². The molecule has 108 valence electrons. The van der Waals surface area contributed by atoms with Crippen molar-refractivity contribution in [1.82, 2.24) is 9.55 Å². The molecular weight excluding hydrogens is 284 g/mol. The fraction of sp³-hybridized carbons (Fsp3) is 0.235. The summed E-state index contributed by atoms with van der Waals surface area (Å²) in [6.07, 6.45) is 0. The molecule has 2 aromatic carbocycles. The van der Waals surface area contributed by atoms with Crippen molar-refractivity contribution < 1.29 is 5.11 Å². The average Bonchev–Trinajstić information content (AvgIpc) is 2.80. The summed E-state index contributed by atoms with van der Waals surface area (Å²) in [7, 11) is 0. The summed E-state index contributed by atoms with van der Waals surface area (Å²) >= 11 is 6.06. The van der Waals surface area contributed by atoms with Crippen LogP contribution in [0.5, 0.6) is 5.75 Å². The first-order chi connectivity index (χ1) is 9.97. The SMILES string of the molecule is Cc1ccc(-c2nc3cc(Cl)ccc3n2C(C)C)cc1O. The molecule has 1 aromatic heterocycles. The quantitative estimate of drug-likeness (QED) is 0.727. The smallest absolute Gasteiger partial charge is 0.141 e. The van der Waals surface area contributed by atoms with E-state index in [0.29, 0.717) is 5.02 Å². The van der Waals surface area contributed by atoms with Crippen molar-refractivity contribution in [2.24, 2.45) is 0 Å². The number of aromatic nitrogens is 2. The Hall–Kier alpha value is -2.00.